The lowest BCUT2D eigenvalue weighted by atomic mass is 10.1. The molecule has 2 aromatic heterocycles. The van der Waals surface area contributed by atoms with Crippen LogP contribution >= 0.6 is 0 Å². The second-order valence-electron chi connectivity index (χ2n) is 7.44. The molecule has 1 aliphatic carbocycles. The van der Waals surface area contributed by atoms with Crippen LogP contribution in [0.4, 0.5) is 0 Å². The van der Waals surface area contributed by atoms with Crippen molar-refractivity contribution in [3.8, 4) is 0 Å². The molecule has 2 aromatic rings. The Morgan fingerprint density at radius 2 is 2.04 bits per heavy atom. The molecule has 1 atom stereocenters. The number of carbonyl (C=O) groups excluding carboxylic acids is 1. The van der Waals surface area contributed by atoms with Crippen molar-refractivity contribution < 1.29 is 9.32 Å². The molecule has 5 rings (SSSR count). The number of pyridine rings is 1. The normalized spacial score (nSPS) is 23.9. The van der Waals surface area contributed by atoms with E-state index in [9.17, 15) is 4.79 Å². The van der Waals surface area contributed by atoms with Crippen LogP contribution in [0.15, 0.2) is 22.7 Å². The number of aromatic nitrogens is 2. The molecule has 2 aliphatic heterocycles. The number of rotatable bonds is 3. The number of hydrogen-bond donors (Lipinski definition) is 0. The van der Waals surface area contributed by atoms with Gasteiger partial charge in [-0.2, -0.15) is 0 Å². The van der Waals surface area contributed by atoms with Gasteiger partial charge in [-0.25, -0.2) is 4.98 Å². The minimum Gasteiger partial charge on any atom is -0.337 e. The average molecular weight is 338 g/mol. The highest BCUT2D eigenvalue weighted by atomic mass is 16.5. The average Bonchev–Trinajstić information content (AvgIpc) is 3.03. The highest BCUT2D eigenvalue weighted by Gasteiger charge is 2.34. The SMILES string of the molecule is Cc1noc2nc(C3CC3)cc(C(=O)N3CC[C@H](N4CC=CC4)C3)c12. The maximum atomic E-state index is 13.3. The van der Waals surface area contributed by atoms with Gasteiger partial charge in [0, 0.05) is 43.8 Å². The Hall–Kier alpha value is -2.21. The number of nitrogens with zero attached hydrogens (tertiary/aromatic N) is 4. The molecule has 25 heavy (non-hydrogen) atoms. The molecule has 6 nitrogen and oxygen atoms in total. The van der Waals surface area contributed by atoms with Crippen molar-refractivity contribution in [1.82, 2.24) is 19.9 Å². The topological polar surface area (TPSA) is 62.5 Å². The van der Waals surface area contributed by atoms with E-state index in [2.05, 4.69) is 27.2 Å². The third kappa shape index (κ3) is 2.56. The van der Waals surface area contributed by atoms with Crippen LogP contribution in [0, 0.1) is 6.92 Å². The second-order valence-corrected chi connectivity index (χ2v) is 7.44. The van der Waals surface area contributed by atoms with Crippen LogP contribution in [0.1, 0.15) is 46.9 Å². The van der Waals surface area contributed by atoms with Crippen LogP contribution in [0.2, 0.25) is 0 Å². The molecule has 0 aromatic carbocycles. The van der Waals surface area contributed by atoms with Gasteiger partial charge in [-0.1, -0.05) is 17.3 Å². The van der Waals surface area contributed by atoms with Crippen molar-refractivity contribution >= 4 is 17.0 Å². The second kappa shape index (κ2) is 5.66. The zero-order valence-corrected chi connectivity index (χ0v) is 14.4. The van der Waals surface area contributed by atoms with E-state index < -0.39 is 0 Å². The fourth-order valence-electron chi connectivity index (χ4n) is 4.06. The molecule has 0 spiro atoms. The summed E-state index contributed by atoms with van der Waals surface area (Å²) in [6.07, 6.45) is 7.75. The maximum absolute atomic E-state index is 13.3. The fourth-order valence-corrected chi connectivity index (χ4v) is 4.06. The van der Waals surface area contributed by atoms with Crippen molar-refractivity contribution in [3.63, 3.8) is 0 Å². The first-order valence-corrected chi connectivity index (χ1v) is 9.16. The molecule has 2 fully saturated rings. The predicted molar refractivity (Wildman–Crippen MR) is 93.5 cm³/mol. The molecule has 130 valence electrons. The molecule has 3 aliphatic rings. The van der Waals surface area contributed by atoms with E-state index in [0.717, 1.165) is 62.2 Å². The lowest BCUT2D eigenvalue weighted by Crippen LogP contribution is -2.37. The van der Waals surface area contributed by atoms with Gasteiger partial charge in [0.2, 0.25) is 0 Å². The molecule has 0 radical (unpaired) electrons. The third-order valence-electron chi connectivity index (χ3n) is 5.68. The summed E-state index contributed by atoms with van der Waals surface area (Å²) in [6, 6.07) is 2.44. The molecule has 4 heterocycles. The van der Waals surface area contributed by atoms with Crippen LogP contribution in [-0.2, 0) is 0 Å². The van der Waals surface area contributed by atoms with Gasteiger partial charge in [-0.05, 0) is 32.3 Å². The minimum absolute atomic E-state index is 0.0928. The molecule has 0 N–H and O–H groups in total. The zero-order chi connectivity index (χ0) is 17.0. The van der Waals surface area contributed by atoms with E-state index >= 15 is 0 Å². The lowest BCUT2D eigenvalue weighted by molar-refractivity contribution is 0.0782. The molecular weight excluding hydrogens is 316 g/mol. The summed E-state index contributed by atoms with van der Waals surface area (Å²) in [5, 5.41) is 4.82. The Balaban J connectivity index is 1.46. The van der Waals surface area contributed by atoms with Crippen LogP contribution in [-0.4, -0.2) is 58.1 Å². The highest BCUT2D eigenvalue weighted by Crippen LogP contribution is 2.40. The number of amides is 1. The van der Waals surface area contributed by atoms with Crippen LogP contribution in [0.25, 0.3) is 11.1 Å². The summed E-state index contributed by atoms with van der Waals surface area (Å²) in [5.41, 5.74) is 2.94. The zero-order valence-electron chi connectivity index (χ0n) is 14.4. The molecule has 1 saturated carbocycles. The Kier molecular flexibility index (Phi) is 3.41. The molecular formula is C19H22N4O2. The van der Waals surface area contributed by atoms with E-state index in [1.54, 1.807) is 0 Å². The number of fused-ring (bicyclic) bond motifs is 1. The Labute approximate surface area is 146 Å². The summed E-state index contributed by atoms with van der Waals surface area (Å²) >= 11 is 0. The summed E-state index contributed by atoms with van der Waals surface area (Å²) in [6.45, 7) is 5.50. The number of aryl methyl sites for hydroxylation is 1. The Bertz CT molecular complexity index is 860. The molecule has 1 amide bonds. The van der Waals surface area contributed by atoms with Gasteiger partial charge in [0.15, 0.2) is 0 Å². The van der Waals surface area contributed by atoms with Crippen molar-refractivity contribution in [3.05, 3.63) is 35.2 Å². The van der Waals surface area contributed by atoms with Crippen molar-refractivity contribution in [2.45, 2.75) is 38.1 Å². The van der Waals surface area contributed by atoms with Gasteiger partial charge < -0.3 is 9.42 Å². The first-order valence-electron chi connectivity index (χ1n) is 9.16. The predicted octanol–water partition coefficient (Wildman–Crippen LogP) is 2.49. The lowest BCUT2D eigenvalue weighted by Gasteiger charge is -2.23. The molecule has 6 heteroatoms. The van der Waals surface area contributed by atoms with Gasteiger partial charge >= 0.3 is 0 Å². The number of carbonyl (C=O) groups is 1. The van der Waals surface area contributed by atoms with Crippen LogP contribution in [0.5, 0.6) is 0 Å². The van der Waals surface area contributed by atoms with Crippen LogP contribution in [0.3, 0.4) is 0 Å². The van der Waals surface area contributed by atoms with E-state index in [0.29, 0.717) is 23.2 Å². The first kappa shape index (κ1) is 15.1. The fraction of sp³-hybridized carbons (Fsp3) is 0.526. The first-order chi connectivity index (χ1) is 12.2. The summed E-state index contributed by atoms with van der Waals surface area (Å²) in [4.78, 5) is 22.3. The van der Waals surface area contributed by atoms with E-state index in [1.165, 1.54) is 0 Å². The van der Waals surface area contributed by atoms with E-state index in [1.807, 2.05) is 17.9 Å². The quantitative estimate of drug-likeness (QED) is 0.805. The number of likely N-dealkylation sites (tertiary alicyclic amines) is 1. The van der Waals surface area contributed by atoms with Gasteiger partial charge in [0.1, 0.15) is 0 Å². The maximum Gasteiger partial charge on any atom is 0.259 e. The van der Waals surface area contributed by atoms with Crippen molar-refractivity contribution in [1.29, 1.82) is 0 Å². The Morgan fingerprint density at radius 1 is 1.24 bits per heavy atom. The Morgan fingerprint density at radius 3 is 2.80 bits per heavy atom. The third-order valence-corrected chi connectivity index (χ3v) is 5.68. The summed E-state index contributed by atoms with van der Waals surface area (Å²) < 4.78 is 5.37. The molecule has 0 bridgehead atoms. The minimum atomic E-state index is 0.0928. The smallest absolute Gasteiger partial charge is 0.259 e. The molecule has 0 unspecified atom stereocenters. The van der Waals surface area contributed by atoms with Gasteiger partial charge in [0.25, 0.3) is 11.6 Å². The standard InChI is InChI=1S/C19H22N4O2/c1-12-17-15(10-16(13-4-5-13)20-18(17)25-21-12)19(24)23-9-6-14(11-23)22-7-2-3-8-22/h2-3,10,13-14H,4-9,11H2,1H3/t14-/m0/s1. The summed E-state index contributed by atoms with van der Waals surface area (Å²) in [7, 11) is 0. The highest BCUT2D eigenvalue weighted by molar-refractivity contribution is 6.06. The van der Waals surface area contributed by atoms with E-state index in [4.69, 9.17) is 4.52 Å². The monoisotopic (exact) mass is 338 g/mol. The van der Waals surface area contributed by atoms with Gasteiger partial charge in [-0.15, -0.1) is 0 Å². The van der Waals surface area contributed by atoms with Gasteiger partial charge in [-0.3, -0.25) is 9.69 Å². The number of hydrogen-bond acceptors (Lipinski definition) is 5. The van der Waals surface area contributed by atoms with Crippen molar-refractivity contribution in [2.24, 2.45) is 0 Å². The van der Waals surface area contributed by atoms with Crippen LogP contribution < -0.4 is 0 Å². The van der Waals surface area contributed by atoms with E-state index in [-0.39, 0.29) is 5.91 Å². The van der Waals surface area contributed by atoms with Gasteiger partial charge in [0.05, 0.1) is 16.6 Å². The summed E-state index contributed by atoms with van der Waals surface area (Å²) in [5.74, 6) is 0.568. The molecule has 1 saturated heterocycles. The largest absolute Gasteiger partial charge is 0.337 e. The van der Waals surface area contributed by atoms with Crippen molar-refractivity contribution in [2.75, 3.05) is 26.2 Å².